The van der Waals surface area contributed by atoms with Gasteiger partial charge < -0.3 is 9.64 Å². The molecule has 1 aromatic rings. The Hall–Kier alpha value is -1.50. The second kappa shape index (κ2) is 7.40. The Balaban J connectivity index is 1.29. The fourth-order valence-electron chi connectivity index (χ4n) is 4.18. The van der Waals surface area contributed by atoms with Crippen molar-refractivity contribution in [2.75, 3.05) is 46.4 Å². The molecule has 4 rings (SSSR count). The van der Waals surface area contributed by atoms with Crippen molar-refractivity contribution in [2.24, 2.45) is 5.92 Å². The lowest BCUT2D eigenvalue weighted by Crippen LogP contribution is -2.63. The minimum atomic E-state index is 0.222. The van der Waals surface area contributed by atoms with Crippen LogP contribution in [0.1, 0.15) is 18.4 Å². The molecule has 3 fully saturated rings. The summed E-state index contributed by atoms with van der Waals surface area (Å²) in [7, 11) is 1.99. The van der Waals surface area contributed by atoms with E-state index in [9.17, 15) is 4.79 Å². The topological polar surface area (TPSA) is 48.9 Å². The van der Waals surface area contributed by atoms with Crippen LogP contribution in [-0.2, 0) is 16.1 Å². The molecule has 25 heavy (non-hydrogen) atoms. The third-order valence-electron chi connectivity index (χ3n) is 5.65. The van der Waals surface area contributed by atoms with E-state index in [1.165, 1.54) is 12.8 Å². The smallest absolute Gasteiger partial charge is 0.236 e. The summed E-state index contributed by atoms with van der Waals surface area (Å²) in [5.41, 5.74) is 1.13. The van der Waals surface area contributed by atoms with Crippen molar-refractivity contribution in [1.82, 2.24) is 19.7 Å². The van der Waals surface area contributed by atoms with Crippen LogP contribution in [-0.4, -0.2) is 84.1 Å². The molecule has 0 N–H and O–H groups in total. The molecule has 3 heterocycles. The fourth-order valence-corrected chi connectivity index (χ4v) is 4.18. The monoisotopic (exact) mass is 344 g/mol. The van der Waals surface area contributed by atoms with E-state index in [4.69, 9.17) is 4.74 Å². The molecule has 1 aliphatic carbocycles. The molecule has 2 aliphatic heterocycles. The van der Waals surface area contributed by atoms with Gasteiger partial charge in [-0.05, 0) is 37.4 Å². The number of pyridine rings is 1. The largest absolute Gasteiger partial charge is 0.378 e. The lowest BCUT2D eigenvalue weighted by Gasteiger charge is -2.48. The van der Waals surface area contributed by atoms with Gasteiger partial charge in [0.25, 0.3) is 0 Å². The molecule has 136 valence electrons. The average molecular weight is 344 g/mol. The van der Waals surface area contributed by atoms with Gasteiger partial charge in [0.2, 0.25) is 5.91 Å². The number of nitrogens with zero attached hydrogens (tertiary/aromatic N) is 4. The van der Waals surface area contributed by atoms with Crippen molar-refractivity contribution in [3.8, 4) is 0 Å². The molecule has 0 bridgehead atoms. The Morgan fingerprint density at radius 3 is 3.00 bits per heavy atom. The molecule has 0 aromatic carbocycles. The van der Waals surface area contributed by atoms with Gasteiger partial charge in [-0.15, -0.1) is 0 Å². The van der Waals surface area contributed by atoms with E-state index in [2.05, 4.69) is 14.8 Å². The molecule has 0 spiro atoms. The maximum Gasteiger partial charge on any atom is 0.236 e. The molecule has 0 unspecified atom stereocenters. The molecule has 3 aliphatic rings. The zero-order chi connectivity index (χ0) is 17.2. The molecule has 2 saturated heterocycles. The number of hydrogen-bond acceptors (Lipinski definition) is 5. The van der Waals surface area contributed by atoms with Crippen LogP contribution in [0.2, 0.25) is 0 Å². The number of amides is 1. The quantitative estimate of drug-likeness (QED) is 0.792. The van der Waals surface area contributed by atoms with Crippen LogP contribution in [0.25, 0.3) is 0 Å². The fraction of sp³-hybridized carbons (Fsp3) is 0.684. The number of piperazine rings is 1. The normalized spacial score (nSPS) is 27.4. The Morgan fingerprint density at radius 2 is 2.24 bits per heavy atom. The highest BCUT2D eigenvalue weighted by Crippen LogP contribution is 2.38. The summed E-state index contributed by atoms with van der Waals surface area (Å²) in [4.78, 5) is 23.6. The highest BCUT2D eigenvalue weighted by Gasteiger charge is 2.43. The van der Waals surface area contributed by atoms with Crippen LogP contribution >= 0.6 is 0 Å². The van der Waals surface area contributed by atoms with Gasteiger partial charge in [-0.2, -0.15) is 0 Å². The number of morpholine rings is 1. The number of carbonyl (C=O) groups is 1. The zero-order valence-electron chi connectivity index (χ0n) is 15.0. The third kappa shape index (κ3) is 4.02. The first-order valence-corrected chi connectivity index (χ1v) is 9.39. The van der Waals surface area contributed by atoms with E-state index < -0.39 is 0 Å². The van der Waals surface area contributed by atoms with Crippen molar-refractivity contribution in [1.29, 1.82) is 0 Å². The number of fused-ring (bicyclic) bond motifs is 1. The first kappa shape index (κ1) is 16.9. The summed E-state index contributed by atoms with van der Waals surface area (Å²) in [6.45, 7) is 5.49. The molecular formula is C19H28N4O2. The summed E-state index contributed by atoms with van der Waals surface area (Å²) < 4.78 is 5.84. The first-order valence-electron chi connectivity index (χ1n) is 9.39. The minimum Gasteiger partial charge on any atom is -0.378 e. The highest BCUT2D eigenvalue weighted by molar-refractivity contribution is 5.78. The summed E-state index contributed by atoms with van der Waals surface area (Å²) in [5.74, 6) is 1.05. The predicted molar refractivity (Wildman–Crippen MR) is 95.0 cm³/mol. The van der Waals surface area contributed by atoms with Gasteiger partial charge in [-0.3, -0.25) is 19.6 Å². The number of rotatable bonds is 5. The Labute approximate surface area is 149 Å². The van der Waals surface area contributed by atoms with Crippen LogP contribution in [0.15, 0.2) is 24.5 Å². The van der Waals surface area contributed by atoms with Gasteiger partial charge in [0, 0.05) is 44.6 Å². The maximum atomic E-state index is 12.7. The minimum absolute atomic E-state index is 0.222. The Kier molecular flexibility index (Phi) is 5.01. The zero-order valence-corrected chi connectivity index (χ0v) is 15.0. The van der Waals surface area contributed by atoms with Crippen LogP contribution in [0.4, 0.5) is 0 Å². The van der Waals surface area contributed by atoms with Crippen molar-refractivity contribution >= 4 is 5.91 Å². The summed E-state index contributed by atoms with van der Waals surface area (Å²) >= 11 is 0. The highest BCUT2D eigenvalue weighted by atomic mass is 16.5. The second-order valence-electron chi connectivity index (χ2n) is 7.71. The van der Waals surface area contributed by atoms with Gasteiger partial charge in [-0.25, -0.2) is 0 Å². The van der Waals surface area contributed by atoms with Crippen molar-refractivity contribution in [3.63, 3.8) is 0 Å². The Morgan fingerprint density at radius 1 is 1.36 bits per heavy atom. The number of aromatic nitrogens is 1. The van der Waals surface area contributed by atoms with Gasteiger partial charge in [0.1, 0.15) is 0 Å². The van der Waals surface area contributed by atoms with E-state index in [0.29, 0.717) is 18.6 Å². The summed E-state index contributed by atoms with van der Waals surface area (Å²) in [6, 6.07) is 4.94. The van der Waals surface area contributed by atoms with Crippen LogP contribution in [0, 0.1) is 5.92 Å². The first-order chi connectivity index (χ1) is 12.2. The number of ether oxygens (including phenoxy) is 1. The molecular weight excluding hydrogens is 316 g/mol. The van der Waals surface area contributed by atoms with Crippen molar-refractivity contribution < 1.29 is 9.53 Å². The lowest BCUT2D eigenvalue weighted by molar-refractivity contribution is -0.141. The van der Waals surface area contributed by atoms with E-state index in [0.717, 1.165) is 50.9 Å². The maximum absolute atomic E-state index is 12.7. The third-order valence-corrected chi connectivity index (χ3v) is 5.65. The predicted octanol–water partition coefficient (Wildman–Crippen LogP) is 0.835. The molecule has 6 nitrogen and oxygen atoms in total. The van der Waals surface area contributed by atoms with E-state index >= 15 is 0 Å². The second-order valence-corrected chi connectivity index (χ2v) is 7.71. The van der Waals surface area contributed by atoms with E-state index in [1.807, 2.05) is 30.3 Å². The molecule has 2 atom stereocenters. The molecule has 1 aromatic heterocycles. The molecule has 0 radical (unpaired) electrons. The number of carbonyl (C=O) groups excluding carboxylic acids is 1. The van der Waals surface area contributed by atoms with Gasteiger partial charge in [-0.1, -0.05) is 6.07 Å². The van der Waals surface area contributed by atoms with Gasteiger partial charge in [0.15, 0.2) is 0 Å². The summed E-state index contributed by atoms with van der Waals surface area (Å²) in [5, 5.41) is 0. The average Bonchev–Trinajstić information content (AvgIpc) is 3.46. The number of likely N-dealkylation sites (N-methyl/N-ethyl adjacent to an activating group) is 1. The lowest BCUT2D eigenvalue weighted by atomic mass is 10.0. The van der Waals surface area contributed by atoms with Crippen LogP contribution < -0.4 is 0 Å². The molecule has 1 saturated carbocycles. The van der Waals surface area contributed by atoms with Crippen LogP contribution in [0.5, 0.6) is 0 Å². The molecule has 6 heteroatoms. The van der Waals surface area contributed by atoms with E-state index in [-0.39, 0.29) is 5.91 Å². The SMILES string of the molecule is CN(CC(=O)N1CCN2[C@@H](COC[C@@H]2C2CC2)C1)Cc1cccnc1. The number of hydrogen-bond donors (Lipinski definition) is 0. The Bertz CT molecular complexity index is 592. The van der Waals surface area contributed by atoms with Crippen molar-refractivity contribution in [2.45, 2.75) is 31.5 Å². The van der Waals surface area contributed by atoms with Crippen LogP contribution in [0.3, 0.4) is 0 Å². The van der Waals surface area contributed by atoms with E-state index in [1.54, 1.807) is 6.20 Å². The van der Waals surface area contributed by atoms with Gasteiger partial charge >= 0.3 is 0 Å². The standard InChI is InChI=1S/C19H28N4O2/c1-21(10-15-3-2-6-20-9-15)12-19(24)22-7-8-23-17(11-22)13-25-14-18(23)16-4-5-16/h2-3,6,9,16-18H,4-5,7-8,10-14H2,1H3/t17-,18-/m1/s1. The molecule has 1 amide bonds. The summed E-state index contributed by atoms with van der Waals surface area (Å²) in [6.07, 6.45) is 6.32. The van der Waals surface area contributed by atoms with Crippen molar-refractivity contribution in [3.05, 3.63) is 30.1 Å². The van der Waals surface area contributed by atoms with Gasteiger partial charge in [0.05, 0.1) is 25.8 Å².